The maximum atomic E-state index is 11.9. The van der Waals surface area contributed by atoms with Gasteiger partial charge in [-0.25, -0.2) is 9.97 Å². The van der Waals surface area contributed by atoms with E-state index in [0.717, 1.165) is 113 Å². The van der Waals surface area contributed by atoms with Crippen LogP contribution >= 0.6 is 0 Å². The molecule has 0 bridgehead atoms. The molecule has 2 fully saturated rings. The lowest BCUT2D eigenvalue weighted by Gasteiger charge is -2.31. The number of aromatic nitrogens is 8. The number of H-pyrrole nitrogens is 2. The highest BCUT2D eigenvalue weighted by Gasteiger charge is 2.25. The van der Waals surface area contributed by atoms with Gasteiger partial charge in [-0.3, -0.25) is 25.0 Å². The summed E-state index contributed by atoms with van der Waals surface area (Å²) in [4.78, 5) is 32.2. The Morgan fingerprint density at radius 3 is 1.58 bits per heavy atom. The molecule has 0 unspecified atom stereocenters. The van der Waals surface area contributed by atoms with Crippen molar-refractivity contribution in [2.24, 2.45) is 0 Å². The third-order valence-corrected chi connectivity index (χ3v) is 11.0. The van der Waals surface area contributed by atoms with Crippen molar-refractivity contribution < 1.29 is 14.3 Å². The summed E-state index contributed by atoms with van der Waals surface area (Å²) in [6, 6.07) is 31.3. The predicted octanol–water partition coefficient (Wildman–Crippen LogP) is 8.98. The predicted molar refractivity (Wildman–Crippen MR) is 231 cm³/mol. The number of rotatable bonds is 9. The Hall–Kier alpha value is -7.25. The van der Waals surface area contributed by atoms with Crippen LogP contribution in [0.1, 0.15) is 48.9 Å². The summed E-state index contributed by atoms with van der Waals surface area (Å²) < 4.78 is 11.6. The molecule has 13 nitrogen and oxygen atoms in total. The van der Waals surface area contributed by atoms with E-state index in [4.69, 9.17) is 19.4 Å². The minimum absolute atomic E-state index is 0.00426. The molecule has 60 heavy (non-hydrogen) atoms. The maximum absolute atomic E-state index is 11.9. The first kappa shape index (κ1) is 38.3. The Kier molecular flexibility index (Phi) is 11.3. The van der Waals surface area contributed by atoms with E-state index in [2.05, 4.69) is 54.4 Å². The van der Waals surface area contributed by atoms with Gasteiger partial charge in [0.2, 0.25) is 17.7 Å². The van der Waals surface area contributed by atoms with Crippen molar-refractivity contribution in [3.63, 3.8) is 0 Å². The first-order valence-electron chi connectivity index (χ1n) is 20.3. The average molecular weight is 797 g/mol. The summed E-state index contributed by atoms with van der Waals surface area (Å²) in [5.41, 5.74) is 7.89. The number of pyridine rings is 4. The van der Waals surface area contributed by atoms with Gasteiger partial charge in [-0.2, -0.15) is 10.2 Å². The summed E-state index contributed by atoms with van der Waals surface area (Å²) >= 11 is 0. The molecule has 8 heterocycles. The highest BCUT2D eigenvalue weighted by atomic mass is 16.5. The van der Waals surface area contributed by atoms with Crippen LogP contribution in [0.15, 0.2) is 135 Å². The molecule has 3 N–H and O–H groups in total. The molecular weight excluding hydrogens is 753 g/mol. The number of hydrogen-bond acceptors (Lipinski definition) is 10. The summed E-state index contributed by atoms with van der Waals surface area (Å²) in [5.74, 6) is 3.38. The van der Waals surface area contributed by atoms with E-state index in [-0.39, 0.29) is 5.91 Å². The number of ether oxygens (including phenoxy) is 2. The summed E-state index contributed by atoms with van der Waals surface area (Å²) in [6.07, 6.45) is 12.5. The molecule has 8 aromatic rings. The molecular formula is C47H44N10O3. The molecule has 300 valence electrons. The van der Waals surface area contributed by atoms with Crippen LogP contribution in [0.4, 0.5) is 0 Å². The molecule has 2 saturated heterocycles. The van der Waals surface area contributed by atoms with Crippen LogP contribution in [0.5, 0.6) is 23.3 Å². The fourth-order valence-corrected chi connectivity index (χ4v) is 7.84. The summed E-state index contributed by atoms with van der Waals surface area (Å²) in [6.45, 7) is 7.12. The zero-order valence-electron chi connectivity index (χ0n) is 33.0. The third kappa shape index (κ3) is 8.61. The normalized spacial score (nSPS) is 14.7. The zero-order valence-corrected chi connectivity index (χ0v) is 33.0. The Morgan fingerprint density at radius 2 is 1.13 bits per heavy atom. The lowest BCUT2D eigenvalue weighted by atomic mass is 9.92. The molecule has 0 aliphatic carbocycles. The van der Waals surface area contributed by atoms with Crippen molar-refractivity contribution >= 4 is 27.7 Å². The first-order chi connectivity index (χ1) is 29.6. The maximum Gasteiger partial charge on any atom is 0.245 e. The van der Waals surface area contributed by atoms with Gasteiger partial charge in [0.05, 0.1) is 34.8 Å². The Balaban J connectivity index is 0.000000155. The number of aromatic amines is 2. The second-order valence-electron chi connectivity index (χ2n) is 14.9. The van der Waals surface area contributed by atoms with Crippen molar-refractivity contribution in [1.82, 2.24) is 50.5 Å². The molecule has 0 atom stereocenters. The van der Waals surface area contributed by atoms with Gasteiger partial charge in [0, 0.05) is 82.7 Å². The molecule has 0 saturated carbocycles. The van der Waals surface area contributed by atoms with Crippen molar-refractivity contribution in [2.45, 2.75) is 37.5 Å². The van der Waals surface area contributed by atoms with Crippen LogP contribution < -0.4 is 14.8 Å². The summed E-state index contributed by atoms with van der Waals surface area (Å²) in [5, 5.41) is 20.2. The Bertz CT molecular complexity index is 2690. The molecule has 13 heteroatoms. The molecule has 2 aliphatic heterocycles. The number of benzene rings is 2. The standard InChI is InChI=1S/C25H23N5O2.C22H21N5O/c1-2-23(31)30-13-10-17(11-14-30)21-15-19-16-27-29-25(19)24(28-21)18-6-8-20(9-7-18)32-22-5-3-4-12-26-22;1-2-10-24-20(3-1)28-18-6-4-16(5-7-18)21-22-17(14-25-27-22)13-19(26-21)15-8-11-23-12-9-15/h2-9,12,15-17H,1,10-11,13-14H2,(H,27,29);1-7,10,13-15,23H,8-9,11-12H2,(H,25,27). The monoisotopic (exact) mass is 796 g/mol. The van der Waals surface area contributed by atoms with Gasteiger partial charge >= 0.3 is 0 Å². The van der Waals surface area contributed by atoms with Gasteiger partial charge < -0.3 is 19.7 Å². The quantitative estimate of drug-likeness (QED) is 0.120. The van der Waals surface area contributed by atoms with Crippen LogP contribution in [0.25, 0.3) is 44.3 Å². The van der Waals surface area contributed by atoms with E-state index in [9.17, 15) is 4.79 Å². The number of carbonyl (C=O) groups excluding carboxylic acids is 1. The van der Waals surface area contributed by atoms with Gasteiger partial charge in [-0.05, 0) is 118 Å². The van der Waals surface area contributed by atoms with E-state index in [1.54, 1.807) is 12.4 Å². The number of piperidine rings is 2. The largest absolute Gasteiger partial charge is 0.439 e. The van der Waals surface area contributed by atoms with Crippen LogP contribution in [-0.2, 0) is 4.79 Å². The Morgan fingerprint density at radius 1 is 0.650 bits per heavy atom. The van der Waals surface area contributed by atoms with E-state index < -0.39 is 0 Å². The van der Waals surface area contributed by atoms with E-state index in [0.29, 0.717) is 29.3 Å². The van der Waals surface area contributed by atoms with Gasteiger partial charge in [0.1, 0.15) is 11.5 Å². The number of carbonyl (C=O) groups is 1. The second-order valence-corrected chi connectivity index (χ2v) is 14.9. The molecule has 0 radical (unpaired) electrons. The van der Waals surface area contributed by atoms with Crippen molar-refractivity contribution in [3.05, 3.63) is 146 Å². The van der Waals surface area contributed by atoms with Crippen molar-refractivity contribution in [1.29, 1.82) is 0 Å². The smallest absolute Gasteiger partial charge is 0.245 e. The van der Waals surface area contributed by atoms with Crippen LogP contribution in [0.2, 0.25) is 0 Å². The average Bonchev–Trinajstić information content (AvgIpc) is 4.01. The number of fused-ring (bicyclic) bond motifs is 2. The molecule has 2 aliphatic rings. The first-order valence-corrected chi connectivity index (χ1v) is 20.3. The minimum Gasteiger partial charge on any atom is -0.439 e. The SMILES string of the molecule is C=CC(=O)N1CCC(c2cc3cn[nH]c3c(-c3ccc(Oc4ccccn4)cc3)n2)CC1.c1ccc(Oc2ccc(-c3nc(C4CCNCC4)cc4cn[nH]c34)cc2)nc1. The van der Waals surface area contributed by atoms with E-state index >= 15 is 0 Å². The molecule has 0 spiro atoms. The molecule has 10 rings (SSSR count). The van der Waals surface area contributed by atoms with Crippen LogP contribution in [0, 0.1) is 0 Å². The topological polar surface area (TPSA) is 160 Å². The van der Waals surface area contributed by atoms with Crippen LogP contribution in [-0.4, -0.2) is 77.3 Å². The number of likely N-dealkylation sites (tertiary alicyclic amines) is 1. The summed E-state index contributed by atoms with van der Waals surface area (Å²) in [7, 11) is 0. The van der Waals surface area contributed by atoms with E-state index in [1.807, 2.05) is 102 Å². The minimum atomic E-state index is -0.00426. The fraction of sp³-hybridized carbons (Fsp3) is 0.213. The molecule has 6 aromatic heterocycles. The number of nitrogens with one attached hydrogen (secondary N) is 3. The van der Waals surface area contributed by atoms with Gasteiger partial charge in [0.15, 0.2) is 0 Å². The lowest BCUT2D eigenvalue weighted by Crippen LogP contribution is -2.36. The zero-order chi connectivity index (χ0) is 40.7. The number of amides is 1. The van der Waals surface area contributed by atoms with Gasteiger partial charge in [-0.1, -0.05) is 18.7 Å². The number of nitrogens with zero attached hydrogens (tertiary/aromatic N) is 7. The van der Waals surface area contributed by atoms with E-state index in [1.165, 1.54) is 6.08 Å². The highest BCUT2D eigenvalue weighted by Crippen LogP contribution is 2.35. The molecule has 2 aromatic carbocycles. The van der Waals surface area contributed by atoms with Gasteiger partial charge in [0.25, 0.3) is 0 Å². The van der Waals surface area contributed by atoms with Crippen molar-refractivity contribution in [2.75, 3.05) is 26.2 Å². The van der Waals surface area contributed by atoms with Gasteiger partial charge in [-0.15, -0.1) is 0 Å². The third-order valence-electron chi connectivity index (χ3n) is 11.0. The molecule has 1 amide bonds. The number of hydrogen-bond donors (Lipinski definition) is 3. The lowest BCUT2D eigenvalue weighted by molar-refractivity contribution is -0.127. The van der Waals surface area contributed by atoms with Crippen LogP contribution in [0.3, 0.4) is 0 Å². The van der Waals surface area contributed by atoms with Crippen molar-refractivity contribution in [3.8, 4) is 45.8 Å². The Labute approximate surface area is 347 Å². The highest BCUT2D eigenvalue weighted by molar-refractivity contribution is 5.92. The second kappa shape index (κ2) is 17.7. The fourth-order valence-electron chi connectivity index (χ4n) is 7.84.